The van der Waals surface area contributed by atoms with E-state index in [0.717, 1.165) is 32.4 Å². The van der Waals surface area contributed by atoms with Gasteiger partial charge in [-0.2, -0.15) is 5.10 Å². The average Bonchev–Trinajstić information content (AvgIpc) is 3.05. The van der Waals surface area contributed by atoms with Crippen molar-refractivity contribution >= 4 is 5.91 Å². The molecule has 2 heterocycles. The Morgan fingerprint density at radius 2 is 2.09 bits per heavy atom. The maximum atomic E-state index is 12.3. The maximum absolute atomic E-state index is 12.3. The highest BCUT2D eigenvalue weighted by atomic mass is 16.2. The second kappa shape index (κ2) is 7.27. The molecule has 3 rings (SSSR count). The number of nitrogens with one attached hydrogen (secondary N) is 2. The van der Waals surface area contributed by atoms with Gasteiger partial charge in [0.1, 0.15) is 0 Å². The fourth-order valence-corrected chi connectivity index (χ4v) is 3.89. The normalized spacial score (nSPS) is 27.7. The summed E-state index contributed by atoms with van der Waals surface area (Å²) in [6.07, 6.45) is 11.1. The van der Waals surface area contributed by atoms with Crippen LogP contribution in [-0.2, 0) is 4.79 Å². The molecule has 1 aromatic heterocycles. The summed E-state index contributed by atoms with van der Waals surface area (Å²) in [5.74, 6) is 1.43. The molecule has 0 bridgehead atoms. The molecule has 2 unspecified atom stereocenters. The molecule has 5 heteroatoms. The van der Waals surface area contributed by atoms with Crippen molar-refractivity contribution in [3.05, 3.63) is 18.0 Å². The van der Waals surface area contributed by atoms with Crippen molar-refractivity contribution in [3.63, 3.8) is 0 Å². The zero-order chi connectivity index (χ0) is 15.4. The van der Waals surface area contributed by atoms with Gasteiger partial charge in [-0.25, -0.2) is 0 Å². The molecule has 2 N–H and O–H groups in total. The lowest BCUT2D eigenvalue weighted by atomic mass is 9.86. The number of nitrogens with zero attached hydrogens (tertiary/aromatic N) is 2. The Hall–Kier alpha value is -1.36. The summed E-state index contributed by atoms with van der Waals surface area (Å²) in [6, 6.07) is 0.393. The predicted molar refractivity (Wildman–Crippen MR) is 86.6 cm³/mol. The van der Waals surface area contributed by atoms with E-state index >= 15 is 0 Å². The van der Waals surface area contributed by atoms with Crippen molar-refractivity contribution in [1.29, 1.82) is 0 Å². The Balaban J connectivity index is 1.41. The topological polar surface area (TPSA) is 61.0 Å². The number of rotatable bonds is 4. The van der Waals surface area contributed by atoms with Crippen molar-refractivity contribution < 1.29 is 4.79 Å². The number of aromatic nitrogens is 2. The van der Waals surface area contributed by atoms with Crippen LogP contribution in [-0.4, -0.2) is 46.7 Å². The Morgan fingerprint density at radius 3 is 2.77 bits per heavy atom. The summed E-state index contributed by atoms with van der Waals surface area (Å²) in [6.45, 7) is 4.83. The molecule has 2 aliphatic rings. The first-order chi connectivity index (χ1) is 10.7. The molecule has 0 spiro atoms. The standard InChI is InChI=1S/C17H28N4O/c1-13-4-2-3-5-16(13)20-17(22)12-21-8-6-14(7-9-21)15-10-18-19-11-15/h10-11,13-14,16H,2-9,12H2,1H3,(H,18,19)(H,20,22). The van der Waals surface area contributed by atoms with Crippen LogP contribution in [0.1, 0.15) is 56.9 Å². The van der Waals surface area contributed by atoms with Gasteiger partial charge >= 0.3 is 0 Å². The smallest absolute Gasteiger partial charge is 0.234 e. The number of carbonyl (C=O) groups is 1. The van der Waals surface area contributed by atoms with Crippen molar-refractivity contribution in [3.8, 4) is 0 Å². The van der Waals surface area contributed by atoms with E-state index in [0.29, 0.717) is 24.4 Å². The molecule has 0 aromatic carbocycles. The number of carbonyl (C=O) groups excluding carboxylic acids is 1. The van der Waals surface area contributed by atoms with Gasteiger partial charge < -0.3 is 5.32 Å². The van der Waals surface area contributed by atoms with Gasteiger partial charge in [-0.3, -0.25) is 14.8 Å². The number of hydrogen-bond donors (Lipinski definition) is 2. The van der Waals surface area contributed by atoms with Crippen molar-refractivity contribution in [2.45, 2.75) is 57.4 Å². The van der Waals surface area contributed by atoms with E-state index in [4.69, 9.17) is 0 Å². The van der Waals surface area contributed by atoms with E-state index in [-0.39, 0.29) is 5.91 Å². The molecule has 1 amide bonds. The van der Waals surface area contributed by atoms with E-state index in [1.165, 1.54) is 24.8 Å². The minimum atomic E-state index is 0.209. The first-order valence-corrected chi connectivity index (χ1v) is 8.73. The molecule has 1 aliphatic heterocycles. The highest BCUT2D eigenvalue weighted by Crippen LogP contribution is 2.27. The van der Waals surface area contributed by atoms with E-state index in [1.54, 1.807) is 0 Å². The SMILES string of the molecule is CC1CCCCC1NC(=O)CN1CCC(c2cn[nH]c2)CC1. The Labute approximate surface area is 132 Å². The molecule has 1 aromatic rings. The average molecular weight is 304 g/mol. The summed E-state index contributed by atoms with van der Waals surface area (Å²) in [4.78, 5) is 14.6. The molecule has 22 heavy (non-hydrogen) atoms. The molecule has 1 aliphatic carbocycles. The zero-order valence-corrected chi connectivity index (χ0v) is 13.6. The van der Waals surface area contributed by atoms with E-state index in [2.05, 4.69) is 27.3 Å². The molecular formula is C17H28N4O. The summed E-state index contributed by atoms with van der Waals surface area (Å²) in [5.41, 5.74) is 1.31. The molecule has 0 radical (unpaired) electrons. The van der Waals surface area contributed by atoms with Crippen LogP contribution in [0.5, 0.6) is 0 Å². The second-order valence-electron chi connectivity index (χ2n) is 7.02. The summed E-state index contributed by atoms with van der Waals surface area (Å²) in [5, 5.41) is 10.2. The summed E-state index contributed by atoms with van der Waals surface area (Å²) in [7, 11) is 0. The third kappa shape index (κ3) is 3.88. The minimum absolute atomic E-state index is 0.209. The highest BCUT2D eigenvalue weighted by Gasteiger charge is 2.25. The number of likely N-dealkylation sites (tertiary alicyclic amines) is 1. The molecule has 5 nitrogen and oxygen atoms in total. The summed E-state index contributed by atoms with van der Waals surface area (Å²) >= 11 is 0. The van der Waals surface area contributed by atoms with Crippen LogP contribution in [0, 0.1) is 5.92 Å². The van der Waals surface area contributed by atoms with Crippen LogP contribution in [0.4, 0.5) is 0 Å². The fourth-order valence-electron chi connectivity index (χ4n) is 3.89. The van der Waals surface area contributed by atoms with Gasteiger partial charge in [0.25, 0.3) is 0 Å². The molecule has 2 fully saturated rings. The van der Waals surface area contributed by atoms with Crippen LogP contribution in [0.2, 0.25) is 0 Å². The van der Waals surface area contributed by atoms with Crippen molar-refractivity contribution in [2.75, 3.05) is 19.6 Å². The Bertz CT molecular complexity index is 465. The predicted octanol–water partition coefficient (Wildman–Crippen LogP) is 2.28. The van der Waals surface area contributed by atoms with E-state index < -0.39 is 0 Å². The van der Waals surface area contributed by atoms with Crippen molar-refractivity contribution in [1.82, 2.24) is 20.4 Å². The van der Waals surface area contributed by atoms with Crippen LogP contribution in [0.3, 0.4) is 0 Å². The lowest BCUT2D eigenvalue weighted by molar-refractivity contribution is -0.123. The number of hydrogen-bond acceptors (Lipinski definition) is 3. The molecule has 2 atom stereocenters. The van der Waals surface area contributed by atoms with Crippen molar-refractivity contribution in [2.24, 2.45) is 5.92 Å². The number of piperidine rings is 1. The first-order valence-electron chi connectivity index (χ1n) is 8.73. The maximum Gasteiger partial charge on any atom is 0.234 e. The largest absolute Gasteiger partial charge is 0.352 e. The van der Waals surface area contributed by atoms with Crippen LogP contribution in [0.15, 0.2) is 12.4 Å². The van der Waals surface area contributed by atoms with E-state index in [1.807, 2.05) is 12.4 Å². The minimum Gasteiger partial charge on any atom is -0.352 e. The highest BCUT2D eigenvalue weighted by molar-refractivity contribution is 5.78. The van der Waals surface area contributed by atoms with Crippen LogP contribution in [0.25, 0.3) is 0 Å². The van der Waals surface area contributed by atoms with Crippen LogP contribution >= 0.6 is 0 Å². The Kier molecular flexibility index (Phi) is 5.13. The van der Waals surface area contributed by atoms with Gasteiger partial charge in [-0.05, 0) is 56.2 Å². The third-order valence-corrected chi connectivity index (χ3v) is 5.40. The fraction of sp³-hybridized carbons (Fsp3) is 0.765. The number of aromatic amines is 1. The molecule has 122 valence electrons. The quantitative estimate of drug-likeness (QED) is 0.897. The van der Waals surface area contributed by atoms with E-state index in [9.17, 15) is 4.79 Å². The van der Waals surface area contributed by atoms with Crippen LogP contribution < -0.4 is 5.32 Å². The third-order valence-electron chi connectivity index (χ3n) is 5.40. The van der Waals surface area contributed by atoms with Gasteiger partial charge in [0.05, 0.1) is 12.7 Å². The first kappa shape index (κ1) is 15.5. The second-order valence-corrected chi connectivity index (χ2v) is 7.02. The van der Waals surface area contributed by atoms with Gasteiger partial charge in [-0.1, -0.05) is 19.8 Å². The zero-order valence-electron chi connectivity index (χ0n) is 13.6. The summed E-state index contributed by atoms with van der Waals surface area (Å²) < 4.78 is 0. The van der Waals surface area contributed by atoms with Gasteiger partial charge in [-0.15, -0.1) is 0 Å². The monoisotopic (exact) mass is 304 g/mol. The number of amides is 1. The molecular weight excluding hydrogens is 276 g/mol. The lowest BCUT2D eigenvalue weighted by Gasteiger charge is -2.33. The van der Waals surface area contributed by atoms with Gasteiger partial charge in [0.15, 0.2) is 0 Å². The Morgan fingerprint density at radius 1 is 1.32 bits per heavy atom. The van der Waals surface area contributed by atoms with Gasteiger partial charge in [0.2, 0.25) is 5.91 Å². The molecule has 1 saturated carbocycles. The molecule has 1 saturated heterocycles. The van der Waals surface area contributed by atoms with Gasteiger partial charge in [0, 0.05) is 12.2 Å². The number of H-pyrrole nitrogens is 1. The lowest BCUT2D eigenvalue weighted by Crippen LogP contribution is -2.47.